The molecule has 292 valence electrons. The van der Waals surface area contributed by atoms with Crippen molar-refractivity contribution in [3.8, 4) is 57.3 Å². The SMILES string of the molecule is COc1ccc2c(c1OC)C(CC(C)=O)N1CCc3cc4c(cc3C1=C2)OCO4.COc1ccc2cc3[n+](cc2c1OC)CCc1cc2c(cc1-3)OCO2.O.[Cl-]. The molecular weight excluding hydrogens is 740 g/mol. The van der Waals surface area contributed by atoms with E-state index in [0.717, 1.165) is 93.6 Å². The number of pyridine rings is 1. The summed E-state index contributed by atoms with van der Waals surface area (Å²) in [4.78, 5) is 14.5. The van der Waals surface area contributed by atoms with Gasteiger partial charge in [-0.25, -0.2) is 0 Å². The van der Waals surface area contributed by atoms with E-state index in [4.69, 9.17) is 37.9 Å². The zero-order chi connectivity index (χ0) is 37.1. The molecule has 6 heterocycles. The van der Waals surface area contributed by atoms with Gasteiger partial charge in [-0.1, -0.05) is 6.07 Å². The van der Waals surface area contributed by atoms with E-state index in [1.54, 1.807) is 35.4 Å². The molecule has 0 fully saturated rings. The third-order valence-electron chi connectivity index (χ3n) is 10.9. The molecule has 13 heteroatoms. The van der Waals surface area contributed by atoms with Gasteiger partial charge in [0.25, 0.3) is 0 Å². The number of carbonyl (C=O) groups is 1. The molecule has 5 aliphatic heterocycles. The number of halogens is 1. The van der Waals surface area contributed by atoms with Gasteiger partial charge in [-0.2, -0.15) is 4.57 Å². The van der Waals surface area contributed by atoms with Crippen molar-refractivity contribution >= 4 is 28.3 Å². The fraction of sp³-hybridized carbons (Fsp3) is 0.302. The molecule has 1 atom stereocenters. The van der Waals surface area contributed by atoms with Gasteiger partial charge in [-0.3, -0.25) is 4.79 Å². The first kappa shape index (κ1) is 38.4. The van der Waals surface area contributed by atoms with E-state index in [1.807, 2.05) is 18.2 Å². The minimum Gasteiger partial charge on any atom is -1.00 e. The van der Waals surface area contributed by atoms with Crippen LogP contribution in [0.2, 0.25) is 0 Å². The van der Waals surface area contributed by atoms with Gasteiger partial charge in [0.15, 0.2) is 58.7 Å². The minimum absolute atomic E-state index is 0. The van der Waals surface area contributed by atoms with Crippen molar-refractivity contribution in [2.24, 2.45) is 0 Å². The third-order valence-corrected chi connectivity index (χ3v) is 10.9. The van der Waals surface area contributed by atoms with Crippen LogP contribution in [0.15, 0.2) is 60.8 Å². The van der Waals surface area contributed by atoms with Crippen molar-refractivity contribution in [3.05, 3.63) is 88.6 Å². The number of Topliss-reactive ketones (excluding diaryl/α,β-unsaturated/α-hetero) is 1. The number of ketones is 1. The molecule has 0 radical (unpaired) electrons. The first-order chi connectivity index (χ1) is 26.4. The third kappa shape index (κ3) is 6.32. The van der Waals surface area contributed by atoms with Gasteiger partial charge >= 0.3 is 0 Å². The maximum absolute atomic E-state index is 12.2. The number of hydrogen-bond acceptors (Lipinski definition) is 10. The summed E-state index contributed by atoms with van der Waals surface area (Å²) >= 11 is 0. The molecule has 0 spiro atoms. The van der Waals surface area contributed by atoms with Crippen LogP contribution in [0.25, 0.3) is 33.8 Å². The summed E-state index contributed by atoms with van der Waals surface area (Å²) in [5.41, 5.74) is 9.21. The van der Waals surface area contributed by atoms with Gasteiger partial charge in [0.05, 0.1) is 45.4 Å². The predicted molar refractivity (Wildman–Crippen MR) is 205 cm³/mol. The maximum Gasteiger partial charge on any atom is 0.231 e. The van der Waals surface area contributed by atoms with E-state index in [1.165, 1.54) is 22.4 Å². The Morgan fingerprint density at radius 2 is 1.38 bits per heavy atom. The highest BCUT2D eigenvalue weighted by atomic mass is 35.5. The standard InChI is InChI=1S/C23H23NO5.C20H18NO4.ClH.H2O/c1-13(25)8-18-22-15(4-5-19(26-2)23(22)27-3)9-17-16-11-21-20(28-12-29-21)10-14(16)6-7-24(17)18;1-22-17-4-3-12-7-16-14-9-19-18(24-11-25-19)8-13(14)5-6-21(16)10-15(12)20(17)23-2;;/h4-5,9-11,18H,6-8,12H2,1-3H3;3-4,7-10H,5-6,11H2,1-2H3;1H;1H2/q;+1;;/p-1. The summed E-state index contributed by atoms with van der Waals surface area (Å²) in [5.74, 6) is 6.28. The first-order valence-corrected chi connectivity index (χ1v) is 18.1. The fourth-order valence-corrected chi connectivity index (χ4v) is 8.42. The van der Waals surface area contributed by atoms with E-state index < -0.39 is 0 Å². The highest BCUT2D eigenvalue weighted by Gasteiger charge is 2.37. The van der Waals surface area contributed by atoms with Gasteiger partial charge in [0.1, 0.15) is 5.78 Å². The summed E-state index contributed by atoms with van der Waals surface area (Å²) in [6.45, 7) is 3.93. The summed E-state index contributed by atoms with van der Waals surface area (Å²) in [6, 6.07) is 18.4. The largest absolute Gasteiger partial charge is 1.00 e. The second-order valence-corrected chi connectivity index (χ2v) is 13.8. The Hall–Kier alpha value is -5.85. The van der Waals surface area contributed by atoms with E-state index in [-0.39, 0.29) is 36.5 Å². The average molecular weight is 783 g/mol. The first-order valence-electron chi connectivity index (χ1n) is 18.1. The van der Waals surface area contributed by atoms with Gasteiger partial charge in [0, 0.05) is 42.3 Å². The number of carbonyl (C=O) groups excluding carboxylic acids is 1. The second kappa shape index (κ2) is 15.4. The number of aromatic nitrogens is 1. The summed E-state index contributed by atoms with van der Waals surface area (Å²) in [7, 11) is 6.62. The Bertz CT molecular complexity index is 2400. The number of ether oxygens (including phenoxy) is 8. The molecular formula is C43H43ClN2O10. The Morgan fingerprint density at radius 1 is 0.768 bits per heavy atom. The fourth-order valence-electron chi connectivity index (χ4n) is 8.42. The summed E-state index contributed by atoms with van der Waals surface area (Å²) < 4.78 is 46.8. The molecule has 10 rings (SSSR count). The van der Waals surface area contributed by atoms with Crippen LogP contribution in [0.1, 0.15) is 47.2 Å². The second-order valence-electron chi connectivity index (χ2n) is 13.8. The van der Waals surface area contributed by atoms with Gasteiger partial charge in [-0.15, -0.1) is 0 Å². The molecule has 1 aromatic heterocycles. The molecule has 56 heavy (non-hydrogen) atoms. The van der Waals surface area contributed by atoms with Crippen LogP contribution in [-0.4, -0.2) is 64.7 Å². The molecule has 5 aliphatic rings. The normalized spacial score (nSPS) is 15.8. The number of nitrogens with zero attached hydrogens (tertiary/aromatic N) is 2. The summed E-state index contributed by atoms with van der Waals surface area (Å²) in [6.07, 6.45) is 6.57. The number of rotatable bonds is 6. The Morgan fingerprint density at radius 3 is 2.02 bits per heavy atom. The molecule has 0 saturated carbocycles. The van der Waals surface area contributed by atoms with Crippen molar-refractivity contribution in [3.63, 3.8) is 0 Å². The van der Waals surface area contributed by atoms with Crippen molar-refractivity contribution in [1.29, 1.82) is 0 Å². The van der Waals surface area contributed by atoms with Crippen molar-refractivity contribution in [2.45, 2.75) is 38.8 Å². The van der Waals surface area contributed by atoms with Crippen LogP contribution >= 0.6 is 0 Å². The smallest absolute Gasteiger partial charge is 0.231 e. The molecule has 0 saturated heterocycles. The molecule has 4 aromatic carbocycles. The van der Waals surface area contributed by atoms with Crippen molar-refractivity contribution < 1.29 is 65.1 Å². The zero-order valence-corrected chi connectivity index (χ0v) is 32.6. The van der Waals surface area contributed by atoms with E-state index in [2.05, 4.69) is 58.1 Å². The zero-order valence-electron chi connectivity index (χ0n) is 31.8. The molecule has 2 N–H and O–H groups in total. The van der Waals surface area contributed by atoms with Crippen molar-refractivity contribution in [1.82, 2.24) is 4.90 Å². The van der Waals surface area contributed by atoms with Crippen LogP contribution in [0, 0.1) is 0 Å². The van der Waals surface area contributed by atoms with E-state index in [9.17, 15) is 4.79 Å². The molecule has 12 nitrogen and oxygen atoms in total. The van der Waals surface area contributed by atoms with Gasteiger partial charge in [-0.05, 0) is 84.0 Å². The molecule has 5 aromatic rings. The van der Waals surface area contributed by atoms with Gasteiger partial charge < -0.3 is 60.7 Å². The average Bonchev–Trinajstić information content (AvgIpc) is 3.86. The molecule has 1 unspecified atom stereocenters. The lowest BCUT2D eigenvalue weighted by atomic mass is 9.84. The van der Waals surface area contributed by atoms with Crippen LogP contribution in [0.5, 0.6) is 46.0 Å². The maximum atomic E-state index is 12.2. The van der Waals surface area contributed by atoms with E-state index >= 15 is 0 Å². The number of benzene rings is 4. The van der Waals surface area contributed by atoms with Crippen LogP contribution in [0.3, 0.4) is 0 Å². The topological polar surface area (TPSA) is 130 Å². The Labute approximate surface area is 330 Å². The summed E-state index contributed by atoms with van der Waals surface area (Å²) in [5, 5.41) is 2.17. The Balaban J connectivity index is 0.000000167. The highest BCUT2D eigenvalue weighted by Crippen LogP contribution is 2.51. The van der Waals surface area contributed by atoms with E-state index in [0.29, 0.717) is 24.7 Å². The lowest BCUT2D eigenvalue weighted by Crippen LogP contribution is -3.00. The number of methoxy groups -OCH3 is 4. The monoisotopic (exact) mass is 782 g/mol. The highest BCUT2D eigenvalue weighted by molar-refractivity contribution is 5.92. The predicted octanol–water partition coefficient (Wildman–Crippen LogP) is 3.10. The number of fused-ring (bicyclic) bond motifs is 10. The quantitative estimate of drug-likeness (QED) is 0.237. The molecule has 0 amide bonds. The number of hydrogen-bond donors (Lipinski definition) is 0. The van der Waals surface area contributed by atoms with Crippen LogP contribution in [-0.2, 0) is 24.2 Å². The molecule has 0 aliphatic carbocycles. The van der Waals surface area contributed by atoms with Crippen LogP contribution < -0.4 is 54.9 Å². The van der Waals surface area contributed by atoms with Gasteiger partial charge in [0.2, 0.25) is 19.3 Å². The minimum atomic E-state index is -0.105. The number of aryl methyl sites for hydroxylation is 2. The van der Waals surface area contributed by atoms with Crippen LogP contribution in [0.4, 0.5) is 0 Å². The lowest BCUT2D eigenvalue weighted by molar-refractivity contribution is -0.686. The molecule has 0 bridgehead atoms. The lowest BCUT2D eigenvalue weighted by Gasteiger charge is -2.43. The van der Waals surface area contributed by atoms with Crippen molar-refractivity contribution in [2.75, 3.05) is 48.6 Å². The Kier molecular flexibility index (Phi) is 10.5.